The van der Waals surface area contributed by atoms with Crippen molar-refractivity contribution < 1.29 is 19.4 Å². The molecule has 0 radical (unpaired) electrons. The first-order chi connectivity index (χ1) is 17.9. The molecule has 0 saturated carbocycles. The third-order valence-corrected chi connectivity index (χ3v) is 7.30. The molecule has 0 bridgehead atoms. The molecule has 1 saturated heterocycles. The maximum absolute atomic E-state index is 11.3. The van der Waals surface area contributed by atoms with Crippen LogP contribution in [-0.2, 0) is 16.8 Å². The van der Waals surface area contributed by atoms with E-state index >= 15 is 0 Å². The number of allylic oxidation sites excluding steroid dienone is 1. The molecular formula is C29H30ClN3O4. The van der Waals surface area contributed by atoms with Crippen LogP contribution in [0.15, 0.2) is 66.9 Å². The molecule has 2 aliphatic heterocycles. The van der Waals surface area contributed by atoms with Crippen molar-refractivity contribution in [1.29, 1.82) is 0 Å². The van der Waals surface area contributed by atoms with Gasteiger partial charge in [-0.3, -0.25) is 4.79 Å². The lowest BCUT2D eigenvalue weighted by Crippen LogP contribution is -2.42. The van der Waals surface area contributed by atoms with Crippen LogP contribution in [0.2, 0.25) is 5.02 Å². The second-order valence-corrected chi connectivity index (χ2v) is 9.96. The summed E-state index contributed by atoms with van der Waals surface area (Å²) in [4.78, 5) is 18.1. The van der Waals surface area contributed by atoms with Crippen molar-refractivity contribution in [3.05, 3.63) is 88.6 Å². The fourth-order valence-corrected chi connectivity index (χ4v) is 5.13. The monoisotopic (exact) mass is 519 g/mol. The number of hydrogen-bond acceptors (Lipinski definition) is 6. The highest BCUT2D eigenvalue weighted by Crippen LogP contribution is 2.41. The molecule has 1 amide bonds. The van der Waals surface area contributed by atoms with Gasteiger partial charge in [-0.15, -0.1) is 0 Å². The number of nitrogens with two attached hydrogens (primary N) is 1. The zero-order chi connectivity index (χ0) is 25.8. The van der Waals surface area contributed by atoms with Crippen LogP contribution in [0.1, 0.15) is 36.0 Å². The average Bonchev–Trinajstić information content (AvgIpc) is 3.06. The molecular weight excluding hydrogens is 490 g/mol. The summed E-state index contributed by atoms with van der Waals surface area (Å²) < 4.78 is 11.8. The molecule has 0 aliphatic carbocycles. The highest BCUT2D eigenvalue weighted by atomic mass is 35.5. The molecule has 1 aromatic heterocycles. The van der Waals surface area contributed by atoms with Crippen LogP contribution in [0.3, 0.4) is 0 Å². The average molecular weight is 520 g/mol. The predicted molar refractivity (Wildman–Crippen MR) is 143 cm³/mol. The Labute approximate surface area is 221 Å². The van der Waals surface area contributed by atoms with Gasteiger partial charge < -0.3 is 25.2 Å². The molecule has 2 aliphatic rings. The summed E-state index contributed by atoms with van der Waals surface area (Å²) in [7, 11) is 0. The van der Waals surface area contributed by atoms with Crippen molar-refractivity contribution in [2.75, 3.05) is 26.2 Å². The summed E-state index contributed by atoms with van der Waals surface area (Å²) in [6.45, 7) is 2.32. The number of rotatable bonds is 7. The molecule has 0 atom stereocenters. The summed E-state index contributed by atoms with van der Waals surface area (Å²) in [5.74, 6) is 1.25. The molecule has 3 N–H and O–H groups in total. The van der Waals surface area contributed by atoms with Gasteiger partial charge >= 0.3 is 0 Å². The van der Waals surface area contributed by atoms with Crippen molar-refractivity contribution in [1.82, 2.24) is 9.88 Å². The lowest BCUT2D eigenvalue weighted by atomic mass is 9.84. The highest BCUT2D eigenvalue weighted by Gasteiger charge is 2.33. The van der Waals surface area contributed by atoms with Gasteiger partial charge in [0, 0.05) is 48.4 Å². The van der Waals surface area contributed by atoms with Crippen LogP contribution in [0.5, 0.6) is 17.4 Å². The van der Waals surface area contributed by atoms with E-state index in [4.69, 9.17) is 26.8 Å². The molecule has 3 heterocycles. The maximum atomic E-state index is 11.3. The van der Waals surface area contributed by atoms with Gasteiger partial charge in [0.1, 0.15) is 11.5 Å². The van der Waals surface area contributed by atoms with E-state index in [1.807, 2.05) is 54.6 Å². The topological polar surface area (TPSA) is 97.9 Å². The second-order valence-electron chi connectivity index (χ2n) is 9.52. The first-order valence-corrected chi connectivity index (χ1v) is 12.9. The van der Waals surface area contributed by atoms with Crippen LogP contribution < -0.4 is 15.2 Å². The number of aromatic nitrogens is 1. The Morgan fingerprint density at radius 3 is 2.70 bits per heavy atom. The van der Waals surface area contributed by atoms with Gasteiger partial charge in [-0.25, -0.2) is 4.98 Å². The van der Waals surface area contributed by atoms with Gasteiger partial charge in [-0.05, 0) is 66.8 Å². The molecule has 192 valence electrons. The van der Waals surface area contributed by atoms with E-state index in [2.05, 4.69) is 16.0 Å². The lowest BCUT2D eigenvalue weighted by molar-refractivity contribution is -0.119. The van der Waals surface area contributed by atoms with E-state index in [0.717, 1.165) is 48.3 Å². The normalized spacial score (nSPS) is 17.8. The number of nitrogens with zero attached hydrogens (tertiary/aromatic N) is 2. The number of hydrogen-bond donors (Lipinski definition) is 2. The number of ether oxygens (including phenoxy) is 2. The van der Waals surface area contributed by atoms with Gasteiger partial charge in [0.2, 0.25) is 5.88 Å². The third kappa shape index (κ3) is 5.80. The van der Waals surface area contributed by atoms with E-state index in [1.54, 1.807) is 6.20 Å². The van der Waals surface area contributed by atoms with Crippen LogP contribution in [0, 0.1) is 0 Å². The van der Waals surface area contributed by atoms with Gasteiger partial charge in [0.15, 0.2) is 6.61 Å². The minimum absolute atomic E-state index is 0.196. The molecule has 7 nitrogen and oxygen atoms in total. The van der Waals surface area contributed by atoms with Crippen molar-refractivity contribution in [2.24, 2.45) is 5.73 Å². The number of benzene rings is 2. The number of aliphatic hydroxyl groups is 1. The summed E-state index contributed by atoms with van der Waals surface area (Å²) >= 11 is 6.01. The first kappa shape index (κ1) is 25.3. The Morgan fingerprint density at radius 1 is 1.16 bits per heavy atom. The second kappa shape index (κ2) is 10.9. The first-order valence-electron chi connectivity index (χ1n) is 12.5. The Hall–Kier alpha value is -3.39. The molecule has 1 fully saturated rings. The zero-order valence-electron chi connectivity index (χ0n) is 20.5. The molecule has 8 heteroatoms. The number of primary amides is 1. The van der Waals surface area contributed by atoms with Crippen LogP contribution in [-0.4, -0.2) is 47.1 Å². The smallest absolute Gasteiger partial charge is 0.255 e. The minimum Gasteiger partial charge on any atom is -0.483 e. The Kier molecular flexibility index (Phi) is 7.46. The minimum atomic E-state index is -0.812. The molecule has 0 unspecified atom stereocenters. The number of carbonyl (C=O) groups is 1. The summed E-state index contributed by atoms with van der Waals surface area (Å²) in [5.41, 5.74) is 8.30. The van der Waals surface area contributed by atoms with Gasteiger partial charge in [-0.2, -0.15) is 0 Å². The summed E-state index contributed by atoms with van der Waals surface area (Å²) in [5, 5.41) is 11.8. The predicted octanol–water partition coefficient (Wildman–Crippen LogP) is 4.70. The number of piperidine rings is 1. The van der Waals surface area contributed by atoms with E-state index < -0.39 is 11.5 Å². The Bertz CT molecular complexity index is 1300. The van der Waals surface area contributed by atoms with Crippen molar-refractivity contribution in [3.63, 3.8) is 0 Å². The number of likely N-dealkylation sites (tertiary alicyclic amines) is 1. The third-order valence-electron chi connectivity index (χ3n) is 7.05. The number of carbonyl (C=O) groups excluding carboxylic acids is 1. The number of halogens is 1. The van der Waals surface area contributed by atoms with E-state index in [1.165, 1.54) is 0 Å². The fourth-order valence-electron chi connectivity index (χ4n) is 5.00. The van der Waals surface area contributed by atoms with Gasteiger partial charge in [0.25, 0.3) is 5.91 Å². The number of pyridine rings is 1. The lowest BCUT2D eigenvalue weighted by Gasteiger charge is -2.38. The number of amides is 1. The Morgan fingerprint density at radius 2 is 1.95 bits per heavy atom. The van der Waals surface area contributed by atoms with Crippen molar-refractivity contribution in [3.8, 4) is 17.4 Å². The van der Waals surface area contributed by atoms with Gasteiger partial charge in [-0.1, -0.05) is 35.9 Å². The van der Waals surface area contributed by atoms with Gasteiger partial charge in [0.05, 0.1) is 5.60 Å². The van der Waals surface area contributed by atoms with Crippen molar-refractivity contribution in [2.45, 2.75) is 31.3 Å². The molecule has 37 heavy (non-hydrogen) atoms. The summed E-state index contributed by atoms with van der Waals surface area (Å²) in [6, 6.07) is 16.9. The molecule has 0 spiro atoms. The highest BCUT2D eigenvalue weighted by molar-refractivity contribution is 6.30. The Balaban J connectivity index is 1.29. The van der Waals surface area contributed by atoms with E-state index in [0.29, 0.717) is 41.7 Å². The molecule has 2 aromatic carbocycles. The zero-order valence-corrected chi connectivity index (χ0v) is 21.3. The van der Waals surface area contributed by atoms with Crippen LogP contribution in [0.25, 0.3) is 5.57 Å². The SMILES string of the molecule is NC(=O)COc1cccc2c1C/C(=C/CCN1CCC(O)(c3ccc(Cl)cc3)CC1)c1cccnc1O2. The quantitative estimate of drug-likeness (QED) is 0.469. The molecule has 5 rings (SSSR count). The van der Waals surface area contributed by atoms with E-state index in [-0.39, 0.29) is 6.61 Å². The van der Waals surface area contributed by atoms with Crippen molar-refractivity contribution >= 4 is 23.1 Å². The van der Waals surface area contributed by atoms with Crippen LogP contribution in [0.4, 0.5) is 0 Å². The number of fused-ring (bicyclic) bond motifs is 2. The summed E-state index contributed by atoms with van der Waals surface area (Å²) in [6.07, 6.45) is 6.72. The molecule has 3 aromatic rings. The largest absolute Gasteiger partial charge is 0.483 e. The maximum Gasteiger partial charge on any atom is 0.255 e. The standard InChI is InChI=1S/C29H30ClN3O4/c30-22-10-8-21(9-11-22)29(35)12-16-33(17-13-29)15-3-4-20-18-24-25(36-19-27(31)34)6-1-7-26(24)37-28-23(20)5-2-14-32-28/h1-2,4-11,14,35H,3,12-13,15-19H2,(H2,31,34)/b20-4-. The van der Waals surface area contributed by atoms with Crippen LogP contribution >= 0.6 is 11.6 Å². The van der Waals surface area contributed by atoms with E-state index in [9.17, 15) is 9.90 Å². The fraction of sp³-hybridized carbons (Fsp3) is 0.310.